The summed E-state index contributed by atoms with van der Waals surface area (Å²) in [7, 11) is 2.00. The first-order valence-electron chi connectivity index (χ1n) is 6.53. The van der Waals surface area contributed by atoms with E-state index in [1.807, 2.05) is 7.05 Å². The fourth-order valence-corrected chi connectivity index (χ4v) is 2.44. The van der Waals surface area contributed by atoms with E-state index < -0.39 is 0 Å². The number of hydrogen-bond acceptors (Lipinski definition) is 4. The van der Waals surface area contributed by atoms with Gasteiger partial charge in [0.05, 0.1) is 6.54 Å². The first-order chi connectivity index (χ1) is 8.54. The average Bonchev–Trinajstić information content (AvgIpc) is 2.69. The van der Waals surface area contributed by atoms with Crippen molar-refractivity contribution >= 4 is 11.9 Å². The number of urea groups is 1. The van der Waals surface area contributed by atoms with Crippen molar-refractivity contribution in [1.82, 2.24) is 20.4 Å². The molecule has 102 valence electrons. The summed E-state index contributed by atoms with van der Waals surface area (Å²) in [4.78, 5) is 26.4. The van der Waals surface area contributed by atoms with E-state index in [9.17, 15) is 9.59 Å². The maximum Gasteiger partial charge on any atom is 0.324 e. The number of carbonyl (C=O) groups excluding carboxylic acids is 2. The van der Waals surface area contributed by atoms with E-state index in [0.29, 0.717) is 6.54 Å². The number of rotatable bonds is 4. The topological polar surface area (TPSA) is 64.7 Å². The van der Waals surface area contributed by atoms with Crippen LogP contribution in [0, 0.1) is 0 Å². The number of imide groups is 1. The van der Waals surface area contributed by atoms with Crippen molar-refractivity contribution in [2.75, 3.05) is 39.8 Å². The Morgan fingerprint density at radius 1 is 1.28 bits per heavy atom. The highest BCUT2D eigenvalue weighted by atomic mass is 16.2. The van der Waals surface area contributed by atoms with Gasteiger partial charge in [0.1, 0.15) is 0 Å². The number of piperidine rings is 1. The summed E-state index contributed by atoms with van der Waals surface area (Å²) >= 11 is 0. The Balaban J connectivity index is 1.75. The molecule has 2 aliphatic rings. The Morgan fingerprint density at radius 3 is 2.44 bits per heavy atom. The van der Waals surface area contributed by atoms with Crippen molar-refractivity contribution in [1.29, 1.82) is 0 Å². The molecule has 2 fully saturated rings. The Labute approximate surface area is 108 Å². The first-order valence-corrected chi connectivity index (χ1v) is 6.53. The lowest BCUT2D eigenvalue weighted by atomic mass is 9.90. The predicted octanol–water partition coefficient (Wildman–Crippen LogP) is -0.388. The van der Waals surface area contributed by atoms with Crippen LogP contribution in [0.4, 0.5) is 4.79 Å². The molecule has 2 N–H and O–H groups in total. The van der Waals surface area contributed by atoms with Gasteiger partial charge >= 0.3 is 6.03 Å². The maximum absolute atomic E-state index is 11.4. The normalized spacial score (nSPS) is 24.4. The van der Waals surface area contributed by atoms with Crippen molar-refractivity contribution in [2.45, 2.75) is 25.3 Å². The molecule has 0 aromatic rings. The molecule has 6 heteroatoms. The van der Waals surface area contributed by atoms with Crippen molar-refractivity contribution in [3.63, 3.8) is 0 Å². The van der Waals surface area contributed by atoms with Crippen molar-refractivity contribution in [3.8, 4) is 0 Å². The van der Waals surface area contributed by atoms with E-state index in [-0.39, 0.29) is 24.0 Å². The van der Waals surface area contributed by atoms with Gasteiger partial charge in [0.2, 0.25) is 5.91 Å². The molecule has 0 aromatic heterocycles. The number of nitrogens with zero attached hydrogens (tertiary/aromatic N) is 2. The summed E-state index contributed by atoms with van der Waals surface area (Å²) in [6.45, 7) is 5.69. The number of nitrogens with one attached hydrogen (secondary N) is 2. The van der Waals surface area contributed by atoms with Gasteiger partial charge in [-0.2, -0.15) is 0 Å². The number of amides is 3. The summed E-state index contributed by atoms with van der Waals surface area (Å²) < 4.78 is 0. The molecule has 0 aromatic carbocycles. The highest BCUT2D eigenvalue weighted by molar-refractivity contribution is 6.01. The number of carbonyl (C=O) groups is 2. The molecule has 6 nitrogen and oxygen atoms in total. The fraction of sp³-hybridized carbons (Fsp3) is 0.833. The Hall–Kier alpha value is -1.14. The van der Waals surface area contributed by atoms with E-state index in [4.69, 9.17) is 0 Å². The SMILES string of the molecule is CNC1(C)CCN(CCN2C(=O)CNC2=O)CC1. The molecule has 3 amide bonds. The number of hydrogen-bond donors (Lipinski definition) is 2. The van der Waals surface area contributed by atoms with Crippen LogP contribution in [0.1, 0.15) is 19.8 Å². The van der Waals surface area contributed by atoms with Gasteiger partial charge in [-0.1, -0.05) is 0 Å². The van der Waals surface area contributed by atoms with Gasteiger partial charge in [-0.25, -0.2) is 4.79 Å². The van der Waals surface area contributed by atoms with Crippen LogP contribution in [0.5, 0.6) is 0 Å². The molecule has 0 radical (unpaired) electrons. The third-order valence-electron chi connectivity index (χ3n) is 4.14. The van der Waals surface area contributed by atoms with Gasteiger partial charge in [0.15, 0.2) is 0 Å². The van der Waals surface area contributed by atoms with Crippen LogP contribution in [0.15, 0.2) is 0 Å². The summed E-state index contributed by atoms with van der Waals surface area (Å²) in [6.07, 6.45) is 2.20. The smallest absolute Gasteiger partial charge is 0.324 e. The molecule has 0 aliphatic carbocycles. The van der Waals surface area contributed by atoms with Gasteiger partial charge in [-0.15, -0.1) is 0 Å². The third-order valence-corrected chi connectivity index (χ3v) is 4.14. The van der Waals surface area contributed by atoms with E-state index in [0.717, 1.165) is 32.5 Å². The van der Waals surface area contributed by atoms with Gasteiger partial charge in [-0.3, -0.25) is 9.69 Å². The highest BCUT2D eigenvalue weighted by Crippen LogP contribution is 2.20. The molecule has 0 bridgehead atoms. The lowest BCUT2D eigenvalue weighted by molar-refractivity contribution is -0.125. The standard InChI is InChI=1S/C12H22N4O2/c1-12(13-2)3-5-15(6-4-12)7-8-16-10(17)9-14-11(16)18/h13H,3-9H2,1-2H3,(H,14,18). The lowest BCUT2D eigenvalue weighted by Gasteiger charge is -2.39. The second-order valence-corrected chi connectivity index (χ2v) is 5.36. The second kappa shape index (κ2) is 5.24. The van der Waals surface area contributed by atoms with Gasteiger partial charge in [-0.05, 0) is 39.9 Å². The summed E-state index contributed by atoms with van der Waals surface area (Å²) in [5, 5.41) is 5.90. The largest absolute Gasteiger partial charge is 0.329 e. The molecule has 2 rings (SSSR count). The Bertz CT molecular complexity index is 321. The minimum Gasteiger partial charge on any atom is -0.329 e. The predicted molar refractivity (Wildman–Crippen MR) is 68.3 cm³/mol. The van der Waals surface area contributed by atoms with Gasteiger partial charge in [0, 0.05) is 18.6 Å². The lowest BCUT2D eigenvalue weighted by Crippen LogP contribution is -2.51. The minimum absolute atomic E-state index is 0.114. The molecular weight excluding hydrogens is 232 g/mol. The van der Waals surface area contributed by atoms with Gasteiger partial charge < -0.3 is 15.5 Å². The molecular formula is C12H22N4O2. The van der Waals surface area contributed by atoms with Crippen molar-refractivity contribution in [2.24, 2.45) is 0 Å². The van der Waals surface area contributed by atoms with Crippen LogP contribution in [-0.4, -0.2) is 67.0 Å². The zero-order chi connectivity index (χ0) is 13.2. The van der Waals surface area contributed by atoms with E-state index >= 15 is 0 Å². The van der Waals surface area contributed by atoms with E-state index in [1.54, 1.807) is 0 Å². The minimum atomic E-state index is -0.253. The molecule has 18 heavy (non-hydrogen) atoms. The van der Waals surface area contributed by atoms with Crippen LogP contribution in [-0.2, 0) is 4.79 Å². The Morgan fingerprint density at radius 2 is 1.94 bits per heavy atom. The molecule has 0 saturated carbocycles. The maximum atomic E-state index is 11.4. The molecule has 2 saturated heterocycles. The number of likely N-dealkylation sites (tertiary alicyclic amines) is 1. The van der Waals surface area contributed by atoms with Crippen molar-refractivity contribution in [3.05, 3.63) is 0 Å². The van der Waals surface area contributed by atoms with Crippen LogP contribution < -0.4 is 10.6 Å². The third kappa shape index (κ3) is 2.81. The van der Waals surface area contributed by atoms with Crippen molar-refractivity contribution < 1.29 is 9.59 Å². The summed E-state index contributed by atoms with van der Waals surface area (Å²) in [5.41, 5.74) is 0.233. The molecule has 2 aliphatic heterocycles. The zero-order valence-corrected chi connectivity index (χ0v) is 11.2. The quantitative estimate of drug-likeness (QED) is 0.671. The first kappa shape index (κ1) is 13.3. The van der Waals surface area contributed by atoms with E-state index in [1.165, 1.54) is 4.90 Å². The van der Waals surface area contributed by atoms with Crippen LogP contribution in [0.2, 0.25) is 0 Å². The zero-order valence-electron chi connectivity index (χ0n) is 11.2. The molecule has 0 spiro atoms. The molecule has 0 atom stereocenters. The summed E-state index contributed by atoms with van der Waals surface area (Å²) in [5.74, 6) is -0.114. The van der Waals surface area contributed by atoms with Crippen LogP contribution >= 0.6 is 0 Å². The molecule has 2 heterocycles. The molecule has 0 unspecified atom stereocenters. The van der Waals surface area contributed by atoms with Crippen LogP contribution in [0.3, 0.4) is 0 Å². The monoisotopic (exact) mass is 254 g/mol. The highest BCUT2D eigenvalue weighted by Gasteiger charge is 2.31. The van der Waals surface area contributed by atoms with E-state index in [2.05, 4.69) is 22.5 Å². The van der Waals surface area contributed by atoms with Gasteiger partial charge in [0.25, 0.3) is 0 Å². The second-order valence-electron chi connectivity index (χ2n) is 5.36. The van der Waals surface area contributed by atoms with Crippen LogP contribution in [0.25, 0.3) is 0 Å². The summed E-state index contributed by atoms with van der Waals surface area (Å²) in [6, 6.07) is -0.253. The average molecular weight is 254 g/mol. The fourth-order valence-electron chi connectivity index (χ4n) is 2.44. The Kier molecular flexibility index (Phi) is 3.87.